The summed E-state index contributed by atoms with van der Waals surface area (Å²) in [5.41, 5.74) is 0.443. The van der Waals surface area contributed by atoms with Gasteiger partial charge in [0.2, 0.25) is 0 Å². The van der Waals surface area contributed by atoms with Crippen molar-refractivity contribution >= 4 is 17.6 Å². The lowest BCUT2D eigenvalue weighted by Crippen LogP contribution is -2.30. The normalized spacial score (nSPS) is 11.2. The minimum absolute atomic E-state index is 0.368. The molecule has 4 nitrogen and oxygen atoms in total. The van der Waals surface area contributed by atoms with Crippen LogP contribution in [-0.2, 0) is 4.79 Å². The average molecular weight is 261 g/mol. The fourth-order valence-electron chi connectivity index (χ4n) is 1.29. The molecule has 0 unspecified atom stereocenters. The molecule has 98 valence electrons. The molecule has 0 aromatic heterocycles. The van der Waals surface area contributed by atoms with Crippen molar-refractivity contribution in [3.8, 4) is 0 Å². The molecular formula is C11H10F3NO3. The Morgan fingerprint density at radius 3 is 2.11 bits per heavy atom. The number of hydrogen-bond acceptors (Lipinski definition) is 2. The molecule has 7 heteroatoms. The molecule has 1 amide bonds. The first kappa shape index (κ1) is 14.0. The van der Waals surface area contributed by atoms with Crippen molar-refractivity contribution in [2.45, 2.75) is 20.0 Å². The van der Waals surface area contributed by atoms with Gasteiger partial charge in [-0.25, -0.2) is 4.79 Å². The lowest BCUT2D eigenvalue weighted by atomic mass is 10.0. The number of aromatic carboxylic acids is 1. The summed E-state index contributed by atoms with van der Waals surface area (Å²) in [6.45, 7) is 3.22. The number of amides is 1. The summed E-state index contributed by atoms with van der Waals surface area (Å²) in [6, 6.07) is 2.41. The number of carbonyl (C=O) groups is 2. The molecule has 1 aromatic carbocycles. The highest BCUT2D eigenvalue weighted by Crippen LogP contribution is 2.24. The zero-order valence-corrected chi connectivity index (χ0v) is 9.55. The summed E-state index contributed by atoms with van der Waals surface area (Å²) in [5.74, 6) is -3.61. The number of halogens is 3. The first-order chi connectivity index (χ1) is 8.12. The maximum atomic E-state index is 12.1. The van der Waals surface area contributed by atoms with Crippen LogP contribution >= 0.6 is 0 Å². The number of rotatable bonds is 2. The Bertz CT molecular complexity index is 509. The Kier molecular flexibility index (Phi) is 3.64. The Morgan fingerprint density at radius 2 is 1.67 bits per heavy atom. The topological polar surface area (TPSA) is 66.4 Å². The summed E-state index contributed by atoms with van der Waals surface area (Å²) in [4.78, 5) is 21.7. The number of anilines is 1. The van der Waals surface area contributed by atoms with E-state index in [-0.39, 0.29) is 11.3 Å². The van der Waals surface area contributed by atoms with Gasteiger partial charge in [0.25, 0.3) is 0 Å². The van der Waals surface area contributed by atoms with Gasteiger partial charge in [0.1, 0.15) is 0 Å². The van der Waals surface area contributed by atoms with E-state index in [1.54, 1.807) is 19.2 Å². The molecule has 0 atom stereocenters. The van der Waals surface area contributed by atoms with Crippen molar-refractivity contribution in [3.05, 3.63) is 28.8 Å². The third kappa shape index (κ3) is 2.99. The second-order valence-corrected chi connectivity index (χ2v) is 3.74. The van der Waals surface area contributed by atoms with Crippen LogP contribution < -0.4 is 5.32 Å². The maximum Gasteiger partial charge on any atom is 0.471 e. The van der Waals surface area contributed by atoms with Gasteiger partial charge >= 0.3 is 18.1 Å². The fourth-order valence-corrected chi connectivity index (χ4v) is 1.29. The van der Waals surface area contributed by atoms with Gasteiger partial charge in [0, 0.05) is 0 Å². The molecular weight excluding hydrogens is 251 g/mol. The van der Waals surface area contributed by atoms with Gasteiger partial charge in [-0.05, 0) is 37.1 Å². The summed E-state index contributed by atoms with van der Waals surface area (Å²) >= 11 is 0. The van der Waals surface area contributed by atoms with E-state index in [9.17, 15) is 22.8 Å². The summed E-state index contributed by atoms with van der Waals surface area (Å²) < 4.78 is 36.3. The summed E-state index contributed by atoms with van der Waals surface area (Å²) in [7, 11) is 0. The molecule has 2 N–H and O–H groups in total. The van der Waals surface area contributed by atoms with Crippen LogP contribution in [0.2, 0.25) is 0 Å². The first-order valence-electron chi connectivity index (χ1n) is 4.85. The number of carboxylic acid groups (broad SMARTS) is 1. The standard InChI is InChI=1S/C11H10F3NO3/c1-5-3-7(9(16)17)8(4-6(5)2)15-10(18)11(12,13)14/h3-4H,1-2H3,(H,15,18)(H,16,17). The Labute approximate surface area is 100 Å². The second kappa shape index (κ2) is 4.67. The number of carboxylic acids is 1. The Balaban J connectivity index is 3.20. The van der Waals surface area contributed by atoms with Crippen molar-refractivity contribution in [3.63, 3.8) is 0 Å². The summed E-state index contributed by atoms with van der Waals surface area (Å²) in [6.07, 6.45) is -5.06. The molecule has 0 saturated carbocycles. The first-order valence-corrected chi connectivity index (χ1v) is 4.85. The van der Waals surface area contributed by atoms with Crippen molar-refractivity contribution in [2.75, 3.05) is 5.32 Å². The van der Waals surface area contributed by atoms with Gasteiger partial charge in [-0.1, -0.05) is 0 Å². The van der Waals surface area contributed by atoms with Crippen LogP contribution in [0.4, 0.5) is 18.9 Å². The molecule has 0 aliphatic heterocycles. The third-order valence-corrected chi connectivity index (χ3v) is 2.37. The third-order valence-electron chi connectivity index (χ3n) is 2.37. The van der Waals surface area contributed by atoms with Crippen LogP contribution in [0.15, 0.2) is 12.1 Å². The summed E-state index contributed by atoms with van der Waals surface area (Å²) in [5, 5.41) is 10.4. The quantitative estimate of drug-likeness (QED) is 0.859. The van der Waals surface area contributed by atoms with Gasteiger partial charge in [-0.3, -0.25) is 4.79 Å². The van der Waals surface area contributed by atoms with Gasteiger partial charge in [-0.2, -0.15) is 13.2 Å². The van der Waals surface area contributed by atoms with Crippen molar-refractivity contribution in [1.82, 2.24) is 0 Å². The Hall–Kier alpha value is -2.05. The molecule has 1 aromatic rings. The number of aryl methyl sites for hydroxylation is 2. The molecule has 18 heavy (non-hydrogen) atoms. The highest BCUT2D eigenvalue weighted by Gasteiger charge is 2.39. The van der Waals surface area contributed by atoms with Gasteiger partial charge < -0.3 is 10.4 Å². The molecule has 1 rings (SSSR count). The van der Waals surface area contributed by atoms with Crippen LogP contribution in [0.1, 0.15) is 21.5 Å². The van der Waals surface area contributed by atoms with E-state index >= 15 is 0 Å². The van der Waals surface area contributed by atoms with Crippen molar-refractivity contribution in [2.24, 2.45) is 0 Å². The molecule has 0 fully saturated rings. The number of alkyl halides is 3. The van der Waals surface area contributed by atoms with E-state index in [0.717, 1.165) is 0 Å². The van der Waals surface area contributed by atoms with Crippen LogP contribution in [0, 0.1) is 13.8 Å². The van der Waals surface area contributed by atoms with Crippen LogP contribution in [0.3, 0.4) is 0 Å². The van der Waals surface area contributed by atoms with Gasteiger partial charge in [0.05, 0.1) is 11.3 Å². The SMILES string of the molecule is Cc1cc(NC(=O)C(F)(F)F)c(C(=O)O)cc1C. The fraction of sp³-hybridized carbons (Fsp3) is 0.273. The zero-order valence-electron chi connectivity index (χ0n) is 9.55. The molecule has 0 aliphatic rings. The van der Waals surface area contributed by atoms with E-state index in [2.05, 4.69) is 0 Å². The zero-order chi connectivity index (χ0) is 14.1. The monoisotopic (exact) mass is 261 g/mol. The number of nitrogens with one attached hydrogen (secondary N) is 1. The number of carbonyl (C=O) groups excluding carboxylic acids is 1. The van der Waals surface area contributed by atoms with Gasteiger partial charge in [0.15, 0.2) is 0 Å². The number of benzene rings is 1. The smallest absolute Gasteiger partial charge is 0.471 e. The van der Waals surface area contributed by atoms with Crippen LogP contribution in [0.25, 0.3) is 0 Å². The minimum atomic E-state index is -5.06. The van der Waals surface area contributed by atoms with E-state index in [1.165, 1.54) is 12.1 Å². The molecule has 0 saturated heterocycles. The molecule has 0 heterocycles. The van der Waals surface area contributed by atoms with Crippen molar-refractivity contribution in [1.29, 1.82) is 0 Å². The van der Waals surface area contributed by atoms with E-state index in [4.69, 9.17) is 5.11 Å². The van der Waals surface area contributed by atoms with Crippen LogP contribution in [-0.4, -0.2) is 23.2 Å². The molecule has 0 spiro atoms. The predicted molar refractivity (Wildman–Crippen MR) is 57.6 cm³/mol. The predicted octanol–water partition coefficient (Wildman–Crippen LogP) is 2.50. The highest BCUT2D eigenvalue weighted by molar-refractivity contribution is 6.02. The maximum absolute atomic E-state index is 12.1. The second-order valence-electron chi connectivity index (χ2n) is 3.74. The van der Waals surface area contributed by atoms with Gasteiger partial charge in [-0.15, -0.1) is 0 Å². The van der Waals surface area contributed by atoms with E-state index < -0.39 is 18.1 Å². The Morgan fingerprint density at radius 1 is 1.17 bits per heavy atom. The average Bonchev–Trinajstić information content (AvgIpc) is 2.21. The van der Waals surface area contributed by atoms with Crippen LogP contribution in [0.5, 0.6) is 0 Å². The lowest BCUT2D eigenvalue weighted by Gasteiger charge is -2.12. The molecule has 0 bridgehead atoms. The van der Waals surface area contributed by atoms with Crippen molar-refractivity contribution < 1.29 is 27.9 Å². The lowest BCUT2D eigenvalue weighted by molar-refractivity contribution is -0.167. The molecule has 0 aliphatic carbocycles. The van der Waals surface area contributed by atoms with E-state index in [0.29, 0.717) is 11.1 Å². The minimum Gasteiger partial charge on any atom is -0.478 e. The number of hydrogen-bond donors (Lipinski definition) is 2. The molecule has 0 radical (unpaired) electrons. The van der Waals surface area contributed by atoms with E-state index in [1.807, 2.05) is 0 Å². The highest BCUT2D eigenvalue weighted by atomic mass is 19.4. The largest absolute Gasteiger partial charge is 0.478 e.